The standard InChI is InChI=1S/C16H11N3O/c1-2-15(20)19-14-10-18-16-13(14)8-12(9-17-16)11-6-4-3-5-7-11/h1,3-10H,(H,17,18)(H,19,20). The van der Waals surface area contributed by atoms with Crippen LogP contribution in [-0.2, 0) is 4.79 Å². The number of hydrogen-bond acceptors (Lipinski definition) is 2. The molecule has 0 aliphatic carbocycles. The lowest BCUT2D eigenvalue weighted by Gasteiger charge is -2.02. The number of benzene rings is 1. The molecule has 0 bridgehead atoms. The molecular formula is C16H11N3O. The van der Waals surface area contributed by atoms with Crippen LogP contribution in [0.25, 0.3) is 22.2 Å². The molecule has 1 aromatic carbocycles. The fraction of sp³-hybridized carbons (Fsp3) is 0. The molecule has 0 unspecified atom stereocenters. The summed E-state index contributed by atoms with van der Waals surface area (Å²) < 4.78 is 0. The number of rotatable bonds is 2. The van der Waals surface area contributed by atoms with E-state index in [1.807, 2.05) is 42.3 Å². The maximum atomic E-state index is 11.3. The fourth-order valence-corrected chi connectivity index (χ4v) is 2.05. The third-order valence-electron chi connectivity index (χ3n) is 3.02. The van der Waals surface area contributed by atoms with Crippen LogP contribution >= 0.6 is 0 Å². The average Bonchev–Trinajstić information content (AvgIpc) is 2.90. The second-order valence-corrected chi connectivity index (χ2v) is 4.29. The van der Waals surface area contributed by atoms with Gasteiger partial charge in [0.15, 0.2) is 0 Å². The van der Waals surface area contributed by atoms with E-state index in [2.05, 4.69) is 15.3 Å². The smallest absolute Gasteiger partial charge is 0.300 e. The Labute approximate surface area is 115 Å². The van der Waals surface area contributed by atoms with E-state index >= 15 is 0 Å². The third-order valence-corrected chi connectivity index (χ3v) is 3.02. The largest absolute Gasteiger partial charge is 0.344 e. The molecule has 1 amide bonds. The van der Waals surface area contributed by atoms with Crippen molar-refractivity contribution >= 4 is 22.6 Å². The van der Waals surface area contributed by atoms with Crippen molar-refractivity contribution in [3.63, 3.8) is 0 Å². The van der Waals surface area contributed by atoms with Crippen LogP contribution in [0, 0.1) is 12.3 Å². The minimum Gasteiger partial charge on any atom is -0.344 e. The van der Waals surface area contributed by atoms with Crippen molar-refractivity contribution in [2.45, 2.75) is 0 Å². The van der Waals surface area contributed by atoms with Crippen molar-refractivity contribution in [2.75, 3.05) is 5.32 Å². The predicted molar refractivity (Wildman–Crippen MR) is 79.0 cm³/mol. The third kappa shape index (κ3) is 2.13. The van der Waals surface area contributed by atoms with E-state index in [-0.39, 0.29) is 0 Å². The fourth-order valence-electron chi connectivity index (χ4n) is 2.05. The van der Waals surface area contributed by atoms with Crippen LogP contribution in [0.5, 0.6) is 0 Å². The Hall–Kier alpha value is -3.06. The zero-order valence-electron chi connectivity index (χ0n) is 10.6. The van der Waals surface area contributed by atoms with E-state index in [0.29, 0.717) is 11.3 Å². The number of nitrogens with one attached hydrogen (secondary N) is 2. The first-order valence-corrected chi connectivity index (χ1v) is 6.08. The van der Waals surface area contributed by atoms with Gasteiger partial charge in [0, 0.05) is 23.3 Å². The lowest BCUT2D eigenvalue weighted by Crippen LogP contribution is -2.07. The van der Waals surface area contributed by atoms with Crippen molar-refractivity contribution in [3.05, 3.63) is 48.8 Å². The van der Waals surface area contributed by atoms with Crippen molar-refractivity contribution in [1.29, 1.82) is 0 Å². The number of H-pyrrole nitrogens is 1. The normalized spacial score (nSPS) is 10.2. The number of carbonyl (C=O) groups excluding carboxylic acids is 1. The number of hydrogen-bond donors (Lipinski definition) is 2. The summed E-state index contributed by atoms with van der Waals surface area (Å²) in [5.74, 6) is 1.55. The Balaban J connectivity index is 2.08. The molecule has 0 atom stereocenters. The molecule has 0 fully saturated rings. The summed E-state index contributed by atoms with van der Waals surface area (Å²) in [6.07, 6.45) is 8.54. The van der Waals surface area contributed by atoms with Gasteiger partial charge < -0.3 is 10.3 Å². The van der Waals surface area contributed by atoms with E-state index in [1.165, 1.54) is 0 Å². The molecule has 96 valence electrons. The Morgan fingerprint density at radius 1 is 1.25 bits per heavy atom. The van der Waals surface area contributed by atoms with Gasteiger partial charge in [0.1, 0.15) is 5.65 Å². The molecule has 4 nitrogen and oxygen atoms in total. The molecule has 2 aromatic heterocycles. The molecule has 20 heavy (non-hydrogen) atoms. The van der Waals surface area contributed by atoms with E-state index in [9.17, 15) is 4.79 Å². The van der Waals surface area contributed by atoms with E-state index in [4.69, 9.17) is 6.42 Å². The first kappa shape index (κ1) is 12.0. The summed E-state index contributed by atoms with van der Waals surface area (Å²) in [6, 6.07) is 11.9. The van der Waals surface area contributed by atoms with Gasteiger partial charge in [0.2, 0.25) is 0 Å². The maximum Gasteiger partial charge on any atom is 0.300 e. The van der Waals surface area contributed by atoms with E-state index in [1.54, 1.807) is 12.4 Å². The van der Waals surface area contributed by atoms with Crippen molar-refractivity contribution < 1.29 is 4.79 Å². The van der Waals surface area contributed by atoms with Gasteiger partial charge in [0.25, 0.3) is 5.91 Å². The minimum absolute atomic E-state index is 0.476. The molecule has 4 heteroatoms. The molecule has 0 spiro atoms. The molecule has 2 N–H and O–H groups in total. The number of amides is 1. The maximum absolute atomic E-state index is 11.3. The number of pyridine rings is 1. The molecule has 2 heterocycles. The lowest BCUT2D eigenvalue weighted by molar-refractivity contribution is -0.111. The highest BCUT2D eigenvalue weighted by molar-refractivity contribution is 6.08. The second kappa shape index (κ2) is 4.90. The van der Waals surface area contributed by atoms with Crippen LogP contribution in [0.15, 0.2) is 48.8 Å². The number of aromatic nitrogens is 2. The van der Waals surface area contributed by atoms with Crippen molar-refractivity contribution in [1.82, 2.24) is 9.97 Å². The summed E-state index contributed by atoms with van der Waals surface area (Å²) >= 11 is 0. The van der Waals surface area contributed by atoms with Gasteiger partial charge >= 0.3 is 0 Å². The number of carbonyl (C=O) groups is 1. The van der Waals surface area contributed by atoms with Crippen LogP contribution in [0.4, 0.5) is 5.69 Å². The van der Waals surface area contributed by atoms with Crippen LogP contribution < -0.4 is 5.32 Å². The summed E-state index contributed by atoms with van der Waals surface area (Å²) in [5.41, 5.74) is 3.39. The van der Waals surface area contributed by atoms with Gasteiger partial charge in [-0.25, -0.2) is 4.98 Å². The quantitative estimate of drug-likeness (QED) is 0.697. The summed E-state index contributed by atoms with van der Waals surface area (Å²) in [6.45, 7) is 0. The van der Waals surface area contributed by atoms with Gasteiger partial charge in [-0.1, -0.05) is 30.3 Å². The molecule has 0 aliphatic heterocycles. The highest BCUT2D eigenvalue weighted by atomic mass is 16.1. The summed E-state index contributed by atoms with van der Waals surface area (Å²) in [4.78, 5) is 18.7. The zero-order chi connectivity index (χ0) is 13.9. The number of terminal acetylenes is 1. The molecule has 0 radical (unpaired) electrons. The number of anilines is 1. The van der Waals surface area contributed by atoms with Crippen molar-refractivity contribution in [3.8, 4) is 23.5 Å². The lowest BCUT2D eigenvalue weighted by atomic mass is 10.1. The molecule has 0 saturated heterocycles. The zero-order valence-corrected chi connectivity index (χ0v) is 10.6. The van der Waals surface area contributed by atoms with Gasteiger partial charge in [-0.2, -0.15) is 0 Å². The number of fused-ring (bicyclic) bond motifs is 1. The van der Waals surface area contributed by atoms with Gasteiger partial charge in [-0.3, -0.25) is 4.79 Å². The van der Waals surface area contributed by atoms with Crippen molar-refractivity contribution in [2.24, 2.45) is 0 Å². The van der Waals surface area contributed by atoms with Gasteiger partial charge in [0.05, 0.1) is 5.69 Å². The SMILES string of the molecule is C#CC(=O)Nc1c[nH]c2ncc(-c3ccccc3)cc12. The predicted octanol–water partition coefficient (Wildman–Crippen LogP) is 2.80. The summed E-state index contributed by atoms with van der Waals surface area (Å²) in [5, 5.41) is 3.48. The first-order valence-electron chi connectivity index (χ1n) is 6.08. The Morgan fingerprint density at radius 2 is 2.05 bits per heavy atom. The number of aromatic amines is 1. The van der Waals surface area contributed by atoms with Crippen LogP contribution in [0.2, 0.25) is 0 Å². The minimum atomic E-state index is -0.476. The topological polar surface area (TPSA) is 57.8 Å². The first-order chi connectivity index (χ1) is 9.78. The molecular weight excluding hydrogens is 250 g/mol. The summed E-state index contributed by atoms with van der Waals surface area (Å²) in [7, 11) is 0. The van der Waals surface area contributed by atoms with E-state index in [0.717, 1.165) is 16.5 Å². The average molecular weight is 261 g/mol. The van der Waals surface area contributed by atoms with E-state index < -0.39 is 5.91 Å². The highest BCUT2D eigenvalue weighted by Gasteiger charge is 2.08. The second-order valence-electron chi connectivity index (χ2n) is 4.29. The Kier molecular flexibility index (Phi) is 2.94. The van der Waals surface area contributed by atoms with Crippen LogP contribution in [0.1, 0.15) is 0 Å². The highest BCUT2D eigenvalue weighted by Crippen LogP contribution is 2.27. The van der Waals surface area contributed by atoms with Crippen LogP contribution in [-0.4, -0.2) is 15.9 Å². The molecule has 0 saturated carbocycles. The monoisotopic (exact) mass is 261 g/mol. The molecule has 3 aromatic rings. The number of nitrogens with zero attached hydrogens (tertiary/aromatic N) is 1. The van der Waals surface area contributed by atoms with Gasteiger partial charge in [-0.05, 0) is 17.6 Å². The molecule has 0 aliphatic rings. The molecule has 3 rings (SSSR count). The van der Waals surface area contributed by atoms with Crippen LogP contribution in [0.3, 0.4) is 0 Å². The Bertz CT molecular complexity index is 813. The Morgan fingerprint density at radius 3 is 2.80 bits per heavy atom. The van der Waals surface area contributed by atoms with Gasteiger partial charge in [-0.15, -0.1) is 6.42 Å².